The van der Waals surface area contributed by atoms with Crippen molar-refractivity contribution in [3.63, 3.8) is 0 Å². The van der Waals surface area contributed by atoms with Crippen LogP contribution < -0.4 is 0 Å². The normalized spacial score (nSPS) is 48.2. The van der Waals surface area contributed by atoms with E-state index in [1.165, 1.54) is 7.11 Å². The molecule has 0 spiro atoms. The molecule has 12 heavy (non-hydrogen) atoms. The van der Waals surface area contributed by atoms with Gasteiger partial charge in [-0.25, -0.2) is 4.39 Å². The number of hydrogen-bond donors (Lipinski definition) is 0. The van der Waals surface area contributed by atoms with Crippen LogP contribution >= 0.6 is 0 Å². The van der Waals surface area contributed by atoms with Crippen molar-refractivity contribution < 1.29 is 13.9 Å². The number of methoxy groups -OCH3 is 1. The van der Waals surface area contributed by atoms with Crippen molar-refractivity contribution in [1.82, 2.24) is 0 Å². The summed E-state index contributed by atoms with van der Waals surface area (Å²) in [7, 11) is 1.48. The largest absolute Gasteiger partial charge is 0.353 e. The smallest absolute Gasteiger partial charge is 0.191 e. The Kier molecular flexibility index (Phi) is 2.74. The number of ether oxygens (including phenoxy) is 2. The highest BCUT2D eigenvalue weighted by Crippen LogP contribution is 2.40. The molecule has 1 aliphatic rings. The van der Waals surface area contributed by atoms with Crippen molar-refractivity contribution >= 4 is 0 Å². The first-order valence-electron chi connectivity index (χ1n) is 4.41. The Morgan fingerprint density at radius 1 is 1.58 bits per heavy atom. The van der Waals surface area contributed by atoms with E-state index < -0.39 is 12.0 Å². The molecule has 0 N–H and O–H groups in total. The first kappa shape index (κ1) is 9.93. The van der Waals surface area contributed by atoms with E-state index in [1.54, 1.807) is 6.92 Å². The molecule has 0 aliphatic carbocycles. The Hall–Kier alpha value is -0.150. The van der Waals surface area contributed by atoms with Crippen LogP contribution in [0.2, 0.25) is 0 Å². The van der Waals surface area contributed by atoms with Crippen molar-refractivity contribution in [2.45, 2.75) is 45.3 Å². The lowest BCUT2D eigenvalue weighted by atomic mass is 9.89. The molecule has 0 aromatic rings. The molecule has 72 valence electrons. The third kappa shape index (κ3) is 1.36. The third-order valence-corrected chi connectivity index (χ3v) is 2.82. The Morgan fingerprint density at radius 3 is 2.42 bits per heavy atom. The van der Waals surface area contributed by atoms with Gasteiger partial charge in [0.25, 0.3) is 0 Å². The lowest BCUT2D eigenvalue weighted by Gasteiger charge is -2.23. The fraction of sp³-hybridized carbons (Fsp3) is 1.00. The van der Waals surface area contributed by atoms with Crippen LogP contribution in [-0.2, 0) is 9.47 Å². The van der Waals surface area contributed by atoms with Gasteiger partial charge >= 0.3 is 0 Å². The van der Waals surface area contributed by atoms with Crippen LogP contribution in [0.15, 0.2) is 0 Å². The van der Waals surface area contributed by atoms with Gasteiger partial charge in [0.15, 0.2) is 12.0 Å². The van der Waals surface area contributed by atoms with Crippen LogP contribution in [0.4, 0.5) is 4.39 Å². The zero-order chi connectivity index (χ0) is 9.35. The molecule has 1 rings (SSSR count). The molecule has 2 nitrogen and oxygen atoms in total. The van der Waals surface area contributed by atoms with Crippen molar-refractivity contribution in [3.8, 4) is 0 Å². The molecular formula is C9H17FO2. The van der Waals surface area contributed by atoms with Gasteiger partial charge in [-0.2, -0.15) is 0 Å². The fourth-order valence-electron chi connectivity index (χ4n) is 1.72. The Balaban J connectivity index is 2.73. The van der Waals surface area contributed by atoms with Crippen LogP contribution in [0.1, 0.15) is 27.2 Å². The highest BCUT2D eigenvalue weighted by molar-refractivity contribution is 4.94. The number of halogens is 1. The minimum atomic E-state index is -1.35. The predicted octanol–water partition coefficient (Wildman–Crippen LogP) is 2.13. The van der Waals surface area contributed by atoms with Crippen LogP contribution in [0, 0.1) is 5.92 Å². The average Bonchev–Trinajstić information content (AvgIpc) is 2.25. The van der Waals surface area contributed by atoms with Gasteiger partial charge in [-0.1, -0.05) is 13.8 Å². The molecule has 3 heteroatoms. The van der Waals surface area contributed by atoms with Crippen LogP contribution in [0.3, 0.4) is 0 Å². The maximum Gasteiger partial charge on any atom is 0.191 e. The first-order chi connectivity index (χ1) is 5.54. The SMILES string of the molecule is CC[C@H]1O[C@@H](OC)[C@](C)(F)C1C. The maximum absolute atomic E-state index is 13.9. The zero-order valence-electron chi connectivity index (χ0n) is 8.13. The van der Waals surface area contributed by atoms with Gasteiger partial charge in [-0.3, -0.25) is 0 Å². The topological polar surface area (TPSA) is 18.5 Å². The standard InChI is InChI=1S/C9H17FO2/c1-5-7-6(2)9(3,10)8(11-4)12-7/h6-8H,5H2,1-4H3/t6?,7-,8-,9-/m1/s1. The minimum absolute atomic E-state index is 0.00931. The summed E-state index contributed by atoms with van der Waals surface area (Å²) in [5, 5.41) is 0. The van der Waals surface area contributed by atoms with Crippen molar-refractivity contribution in [1.29, 1.82) is 0 Å². The van der Waals surface area contributed by atoms with Crippen LogP contribution in [0.25, 0.3) is 0 Å². The van der Waals surface area contributed by atoms with Gasteiger partial charge in [0.2, 0.25) is 0 Å². The summed E-state index contributed by atoms with van der Waals surface area (Å²) < 4.78 is 24.2. The van der Waals surface area contributed by atoms with Gasteiger partial charge in [-0.05, 0) is 13.3 Å². The average molecular weight is 176 g/mol. The molecule has 0 saturated carbocycles. The molecule has 0 aromatic heterocycles. The highest BCUT2D eigenvalue weighted by atomic mass is 19.1. The summed E-state index contributed by atoms with van der Waals surface area (Å²) in [5.74, 6) is -0.0903. The summed E-state index contributed by atoms with van der Waals surface area (Å²) in [6, 6.07) is 0. The number of hydrogen-bond acceptors (Lipinski definition) is 2. The number of rotatable bonds is 2. The van der Waals surface area contributed by atoms with Gasteiger partial charge in [0.05, 0.1) is 6.10 Å². The molecular weight excluding hydrogens is 159 g/mol. The Morgan fingerprint density at radius 2 is 2.17 bits per heavy atom. The molecule has 1 aliphatic heterocycles. The highest BCUT2D eigenvalue weighted by Gasteiger charge is 2.51. The van der Waals surface area contributed by atoms with Gasteiger partial charge in [0, 0.05) is 13.0 Å². The van der Waals surface area contributed by atoms with Gasteiger partial charge in [-0.15, -0.1) is 0 Å². The van der Waals surface area contributed by atoms with Crippen molar-refractivity contribution in [2.24, 2.45) is 5.92 Å². The molecule has 1 unspecified atom stereocenters. The number of alkyl halides is 1. The minimum Gasteiger partial charge on any atom is -0.353 e. The fourth-order valence-corrected chi connectivity index (χ4v) is 1.72. The van der Waals surface area contributed by atoms with E-state index in [4.69, 9.17) is 9.47 Å². The molecule has 0 bridgehead atoms. The van der Waals surface area contributed by atoms with E-state index in [1.807, 2.05) is 13.8 Å². The molecule has 0 radical (unpaired) electrons. The third-order valence-electron chi connectivity index (χ3n) is 2.82. The summed E-state index contributed by atoms with van der Waals surface area (Å²) in [5.41, 5.74) is -1.35. The van der Waals surface area contributed by atoms with E-state index in [0.717, 1.165) is 6.42 Å². The summed E-state index contributed by atoms with van der Waals surface area (Å²) in [4.78, 5) is 0. The van der Waals surface area contributed by atoms with Crippen molar-refractivity contribution in [2.75, 3.05) is 7.11 Å². The summed E-state index contributed by atoms with van der Waals surface area (Å²) in [6.07, 6.45) is 0.128. The summed E-state index contributed by atoms with van der Waals surface area (Å²) in [6.45, 7) is 5.41. The van der Waals surface area contributed by atoms with E-state index in [-0.39, 0.29) is 12.0 Å². The predicted molar refractivity (Wildman–Crippen MR) is 44.6 cm³/mol. The second-order valence-corrected chi connectivity index (χ2v) is 3.59. The molecule has 0 aromatic carbocycles. The lowest BCUT2D eigenvalue weighted by Crippen LogP contribution is -2.36. The van der Waals surface area contributed by atoms with Gasteiger partial charge < -0.3 is 9.47 Å². The molecule has 0 amide bonds. The van der Waals surface area contributed by atoms with E-state index in [0.29, 0.717) is 0 Å². The molecule has 1 fully saturated rings. The van der Waals surface area contributed by atoms with Crippen molar-refractivity contribution in [3.05, 3.63) is 0 Å². The Bertz CT molecular complexity index is 155. The van der Waals surface area contributed by atoms with E-state index in [9.17, 15) is 4.39 Å². The van der Waals surface area contributed by atoms with Crippen LogP contribution in [0.5, 0.6) is 0 Å². The van der Waals surface area contributed by atoms with E-state index >= 15 is 0 Å². The van der Waals surface area contributed by atoms with Gasteiger partial charge in [0.1, 0.15) is 0 Å². The second kappa shape index (κ2) is 3.30. The second-order valence-electron chi connectivity index (χ2n) is 3.59. The first-order valence-corrected chi connectivity index (χ1v) is 4.41. The maximum atomic E-state index is 13.9. The Labute approximate surface area is 73.0 Å². The molecule has 4 atom stereocenters. The van der Waals surface area contributed by atoms with E-state index in [2.05, 4.69) is 0 Å². The van der Waals surface area contributed by atoms with Crippen LogP contribution in [-0.4, -0.2) is 25.2 Å². The quantitative estimate of drug-likeness (QED) is 0.641. The monoisotopic (exact) mass is 176 g/mol. The zero-order valence-corrected chi connectivity index (χ0v) is 8.13. The lowest BCUT2D eigenvalue weighted by molar-refractivity contribution is -0.159. The molecule has 1 saturated heterocycles. The summed E-state index contributed by atoms with van der Waals surface area (Å²) >= 11 is 0. The molecule has 1 heterocycles.